The Kier molecular flexibility index (Phi) is 5.46. The molecule has 0 saturated heterocycles. The van der Waals surface area contributed by atoms with Crippen molar-refractivity contribution in [2.24, 2.45) is 0 Å². The van der Waals surface area contributed by atoms with Gasteiger partial charge >= 0.3 is 0 Å². The molecule has 1 rings (SSSR count). The lowest BCUT2D eigenvalue weighted by Gasteiger charge is -2.04. The minimum atomic E-state index is 0.822. The van der Waals surface area contributed by atoms with E-state index in [9.17, 15) is 4.79 Å². The average molecular weight is 202 g/mol. The zero-order chi connectivity index (χ0) is 10.9. The molecule has 0 bridgehead atoms. The third-order valence-electron chi connectivity index (χ3n) is 2.46. The molecule has 1 nitrogen and oxygen atoms in total. The van der Waals surface area contributed by atoms with Crippen molar-refractivity contribution in [2.75, 3.05) is 0 Å². The third kappa shape index (κ3) is 4.11. The van der Waals surface area contributed by atoms with Gasteiger partial charge in [0.25, 0.3) is 0 Å². The molecule has 0 spiro atoms. The van der Waals surface area contributed by atoms with E-state index in [0.717, 1.165) is 12.7 Å². The first-order valence-electron chi connectivity index (χ1n) is 5.58. The van der Waals surface area contributed by atoms with Crippen molar-refractivity contribution in [3.8, 4) is 0 Å². The van der Waals surface area contributed by atoms with E-state index < -0.39 is 0 Å². The lowest BCUT2D eigenvalue weighted by molar-refractivity contribution is -0.104. The number of aryl methyl sites for hydroxylation is 1. The van der Waals surface area contributed by atoms with Crippen LogP contribution in [-0.2, 0) is 11.2 Å². The molecule has 0 radical (unpaired) electrons. The summed E-state index contributed by atoms with van der Waals surface area (Å²) in [7, 11) is 0. The molecule has 0 saturated carbocycles. The quantitative estimate of drug-likeness (QED) is 0.391. The van der Waals surface area contributed by atoms with Gasteiger partial charge in [-0.2, -0.15) is 0 Å². The first kappa shape index (κ1) is 11.7. The first-order chi connectivity index (χ1) is 7.38. The highest BCUT2D eigenvalue weighted by molar-refractivity contribution is 5.74. The van der Waals surface area contributed by atoms with E-state index in [2.05, 4.69) is 25.1 Å². The highest BCUT2D eigenvalue weighted by atomic mass is 16.1. The summed E-state index contributed by atoms with van der Waals surface area (Å²) in [5.74, 6) is 0. The second-order valence-corrected chi connectivity index (χ2v) is 3.65. The molecular formula is C14H18O. The van der Waals surface area contributed by atoms with Crippen LogP contribution in [0, 0.1) is 0 Å². The van der Waals surface area contributed by atoms with Crippen LogP contribution >= 0.6 is 0 Å². The van der Waals surface area contributed by atoms with Crippen LogP contribution in [0.25, 0.3) is 6.08 Å². The zero-order valence-electron chi connectivity index (χ0n) is 9.28. The molecule has 0 unspecified atom stereocenters. The van der Waals surface area contributed by atoms with Crippen molar-refractivity contribution in [1.82, 2.24) is 0 Å². The third-order valence-corrected chi connectivity index (χ3v) is 2.46. The largest absolute Gasteiger partial charge is 0.299 e. The number of carbonyl (C=O) groups is 1. The molecule has 0 heterocycles. The Morgan fingerprint density at radius 2 is 2.00 bits per heavy atom. The second kappa shape index (κ2) is 6.99. The van der Waals surface area contributed by atoms with Crippen LogP contribution in [0.3, 0.4) is 0 Å². The van der Waals surface area contributed by atoms with Crippen LogP contribution in [0.4, 0.5) is 0 Å². The maximum atomic E-state index is 10.3. The fourth-order valence-electron chi connectivity index (χ4n) is 1.63. The number of hydrogen-bond donors (Lipinski definition) is 0. The fraction of sp³-hybridized carbons (Fsp3) is 0.357. The van der Waals surface area contributed by atoms with Gasteiger partial charge in [0.05, 0.1) is 0 Å². The summed E-state index contributed by atoms with van der Waals surface area (Å²) >= 11 is 0. The summed E-state index contributed by atoms with van der Waals surface area (Å²) in [5, 5.41) is 0. The molecular weight excluding hydrogens is 184 g/mol. The van der Waals surface area contributed by atoms with E-state index in [0.29, 0.717) is 0 Å². The molecule has 0 N–H and O–H groups in total. The summed E-state index contributed by atoms with van der Waals surface area (Å²) < 4.78 is 0. The highest BCUT2D eigenvalue weighted by Crippen LogP contribution is 2.14. The van der Waals surface area contributed by atoms with Crippen molar-refractivity contribution >= 4 is 12.4 Å². The van der Waals surface area contributed by atoms with Gasteiger partial charge in [0.1, 0.15) is 6.29 Å². The van der Waals surface area contributed by atoms with Crippen LogP contribution in [0.1, 0.15) is 37.3 Å². The number of carbonyl (C=O) groups excluding carboxylic acids is 1. The molecule has 15 heavy (non-hydrogen) atoms. The molecule has 1 heteroatoms. The summed E-state index contributed by atoms with van der Waals surface area (Å²) in [6.07, 6.45) is 9.10. The number of allylic oxidation sites excluding steroid dienone is 1. The van der Waals surface area contributed by atoms with Gasteiger partial charge in [-0.15, -0.1) is 0 Å². The second-order valence-electron chi connectivity index (χ2n) is 3.65. The topological polar surface area (TPSA) is 17.1 Å². The van der Waals surface area contributed by atoms with E-state index in [1.807, 2.05) is 12.1 Å². The Morgan fingerprint density at radius 1 is 1.20 bits per heavy atom. The Morgan fingerprint density at radius 3 is 2.73 bits per heavy atom. The Hall–Kier alpha value is -1.37. The van der Waals surface area contributed by atoms with E-state index in [4.69, 9.17) is 0 Å². The number of aldehydes is 1. The first-order valence-corrected chi connectivity index (χ1v) is 5.58. The van der Waals surface area contributed by atoms with Crippen molar-refractivity contribution in [1.29, 1.82) is 0 Å². The maximum absolute atomic E-state index is 10.3. The lowest BCUT2D eigenvalue weighted by Crippen LogP contribution is -1.89. The van der Waals surface area contributed by atoms with Gasteiger partial charge in [0, 0.05) is 0 Å². The molecule has 0 fully saturated rings. The van der Waals surface area contributed by atoms with Crippen LogP contribution in [-0.4, -0.2) is 6.29 Å². The van der Waals surface area contributed by atoms with E-state index in [1.165, 1.54) is 30.4 Å². The van der Waals surface area contributed by atoms with E-state index in [1.54, 1.807) is 6.08 Å². The van der Waals surface area contributed by atoms with Crippen molar-refractivity contribution in [3.05, 3.63) is 41.5 Å². The molecule has 0 aliphatic rings. The Bertz CT molecular complexity index is 326. The minimum absolute atomic E-state index is 0.822. The van der Waals surface area contributed by atoms with E-state index in [-0.39, 0.29) is 0 Å². The molecule has 0 aliphatic carbocycles. The van der Waals surface area contributed by atoms with E-state index >= 15 is 0 Å². The van der Waals surface area contributed by atoms with Gasteiger partial charge in [0.15, 0.2) is 0 Å². The predicted molar refractivity (Wildman–Crippen MR) is 64.8 cm³/mol. The van der Waals surface area contributed by atoms with Crippen LogP contribution in [0.5, 0.6) is 0 Å². The van der Waals surface area contributed by atoms with Crippen LogP contribution in [0.15, 0.2) is 30.3 Å². The molecule has 0 atom stereocenters. The number of rotatable bonds is 6. The number of hydrogen-bond acceptors (Lipinski definition) is 1. The summed E-state index contributed by atoms with van der Waals surface area (Å²) in [6.45, 7) is 2.21. The standard InChI is InChI=1S/C14H18O/c1-2-3-4-8-13-9-5-6-10-14(13)11-7-12-15/h5-7,9-12H,2-4,8H2,1H3. The lowest BCUT2D eigenvalue weighted by atomic mass is 10.0. The van der Waals surface area contributed by atoms with Crippen molar-refractivity contribution < 1.29 is 4.79 Å². The molecule has 1 aromatic rings. The van der Waals surface area contributed by atoms with Crippen LogP contribution in [0.2, 0.25) is 0 Å². The van der Waals surface area contributed by atoms with Gasteiger partial charge in [-0.25, -0.2) is 0 Å². The molecule has 0 aliphatic heterocycles. The monoisotopic (exact) mass is 202 g/mol. The van der Waals surface area contributed by atoms with Gasteiger partial charge in [0.2, 0.25) is 0 Å². The molecule has 0 aromatic heterocycles. The van der Waals surface area contributed by atoms with Crippen molar-refractivity contribution in [3.63, 3.8) is 0 Å². The smallest absolute Gasteiger partial charge is 0.142 e. The van der Waals surface area contributed by atoms with Gasteiger partial charge < -0.3 is 0 Å². The van der Waals surface area contributed by atoms with Gasteiger partial charge in [-0.05, 0) is 30.0 Å². The number of benzene rings is 1. The SMILES string of the molecule is CCCCCc1ccccc1C=CC=O. The molecule has 80 valence electrons. The highest BCUT2D eigenvalue weighted by Gasteiger charge is 1.97. The maximum Gasteiger partial charge on any atom is 0.142 e. The predicted octanol–water partition coefficient (Wildman–Crippen LogP) is 3.63. The molecule has 1 aromatic carbocycles. The van der Waals surface area contributed by atoms with Crippen LogP contribution < -0.4 is 0 Å². The summed E-state index contributed by atoms with van der Waals surface area (Å²) in [4.78, 5) is 10.3. The Balaban J connectivity index is 2.68. The van der Waals surface area contributed by atoms with Gasteiger partial charge in [-0.3, -0.25) is 4.79 Å². The summed E-state index contributed by atoms with van der Waals surface area (Å²) in [6, 6.07) is 8.26. The minimum Gasteiger partial charge on any atom is -0.299 e. The average Bonchev–Trinajstić information content (AvgIpc) is 2.28. The number of unbranched alkanes of at least 4 members (excludes halogenated alkanes) is 2. The summed E-state index contributed by atoms with van der Waals surface area (Å²) in [5.41, 5.74) is 2.50. The van der Waals surface area contributed by atoms with Crippen molar-refractivity contribution in [2.45, 2.75) is 32.6 Å². The zero-order valence-corrected chi connectivity index (χ0v) is 9.28. The fourth-order valence-corrected chi connectivity index (χ4v) is 1.63. The molecule has 0 amide bonds. The van der Waals surface area contributed by atoms with Gasteiger partial charge in [-0.1, -0.05) is 50.1 Å². The Labute approximate surface area is 91.8 Å². The normalized spacial score (nSPS) is 10.7.